The second kappa shape index (κ2) is 8.82. The first-order valence-electron chi connectivity index (χ1n) is 7.91. The van der Waals surface area contributed by atoms with Gasteiger partial charge < -0.3 is 15.0 Å². The molecule has 0 saturated carbocycles. The summed E-state index contributed by atoms with van der Waals surface area (Å²) >= 11 is 0. The maximum atomic E-state index is 5.45. The second-order valence-corrected chi connectivity index (χ2v) is 5.69. The Balaban J connectivity index is 2.99. The zero-order valence-electron chi connectivity index (χ0n) is 14.3. The lowest BCUT2D eigenvalue weighted by Gasteiger charge is -2.29. The number of ether oxygens (including phenoxy) is 1. The van der Waals surface area contributed by atoms with Crippen molar-refractivity contribution in [2.45, 2.75) is 53.7 Å². The van der Waals surface area contributed by atoms with E-state index in [1.54, 1.807) is 0 Å². The van der Waals surface area contributed by atoms with Crippen LogP contribution in [-0.2, 0) is 11.3 Å². The van der Waals surface area contributed by atoms with Crippen LogP contribution in [0.4, 0.5) is 11.6 Å². The van der Waals surface area contributed by atoms with E-state index in [4.69, 9.17) is 4.74 Å². The molecule has 5 heteroatoms. The standard InChI is InChI=1S/C16H30N4O/c1-7-9-17-14-10-16(20(6)13(5)12(3)4)19-15(18-14)11-21-8-2/h10,12-13H,7-9,11H2,1-6H3,(H,17,18,19). The molecule has 0 aliphatic rings. The van der Waals surface area contributed by atoms with Crippen LogP contribution in [0.1, 0.15) is 46.9 Å². The van der Waals surface area contributed by atoms with Crippen molar-refractivity contribution in [1.29, 1.82) is 0 Å². The van der Waals surface area contributed by atoms with Crippen molar-refractivity contribution in [3.8, 4) is 0 Å². The summed E-state index contributed by atoms with van der Waals surface area (Å²) in [6.07, 6.45) is 1.07. The van der Waals surface area contributed by atoms with Gasteiger partial charge in [-0.1, -0.05) is 20.8 Å². The molecule has 0 spiro atoms. The minimum Gasteiger partial charge on any atom is -0.374 e. The van der Waals surface area contributed by atoms with Gasteiger partial charge in [-0.2, -0.15) is 0 Å². The first-order valence-corrected chi connectivity index (χ1v) is 7.91. The molecule has 0 aliphatic heterocycles. The number of aromatic nitrogens is 2. The zero-order valence-corrected chi connectivity index (χ0v) is 14.3. The van der Waals surface area contributed by atoms with Gasteiger partial charge in [-0.05, 0) is 26.2 Å². The van der Waals surface area contributed by atoms with Crippen molar-refractivity contribution in [3.63, 3.8) is 0 Å². The second-order valence-electron chi connectivity index (χ2n) is 5.69. The highest BCUT2D eigenvalue weighted by Crippen LogP contribution is 2.20. The van der Waals surface area contributed by atoms with E-state index in [9.17, 15) is 0 Å². The number of hydrogen-bond donors (Lipinski definition) is 1. The van der Waals surface area contributed by atoms with Crippen LogP contribution in [-0.4, -0.2) is 36.2 Å². The largest absolute Gasteiger partial charge is 0.374 e. The molecule has 5 nitrogen and oxygen atoms in total. The highest BCUT2D eigenvalue weighted by molar-refractivity contribution is 5.49. The highest BCUT2D eigenvalue weighted by Gasteiger charge is 2.16. The molecule has 0 fully saturated rings. The Morgan fingerprint density at radius 3 is 2.52 bits per heavy atom. The molecule has 1 aromatic heterocycles. The lowest BCUT2D eigenvalue weighted by Crippen LogP contribution is -2.34. The van der Waals surface area contributed by atoms with Crippen molar-refractivity contribution >= 4 is 11.6 Å². The Morgan fingerprint density at radius 2 is 1.95 bits per heavy atom. The normalized spacial score (nSPS) is 12.5. The molecule has 1 rings (SSSR count). The van der Waals surface area contributed by atoms with Crippen LogP contribution in [0.15, 0.2) is 6.07 Å². The third-order valence-corrected chi connectivity index (χ3v) is 3.69. The molecule has 0 aliphatic carbocycles. The molecule has 120 valence electrons. The molecule has 1 aromatic rings. The van der Waals surface area contributed by atoms with Gasteiger partial charge in [0.25, 0.3) is 0 Å². The topological polar surface area (TPSA) is 50.3 Å². The van der Waals surface area contributed by atoms with E-state index in [0.29, 0.717) is 25.2 Å². The van der Waals surface area contributed by atoms with Crippen LogP contribution in [0.3, 0.4) is 0 Å². The first-order chi connectivity index (χ1) is 9.99. The molecular weight excluding hydrogens is 264 g/mol. The summed E-state index contributed by atoms with van der Waals surface area (Å²) < 4.78 is 5.45. The van der Waals surface area contributed by atoms with E-state index in [0.717, 1.165) is 30.4 Å². The fourth-order valence-corrected chi connectivity index (χ4v) is 1.92. The van der Waals surface area contributed by atoms with Gasteiger partial charge in [0.1, 0.15) is 18.2 Å². The van der Waals surface area contributed by atoms with Crippen LogP contribution < -0.4 is 10.2 Å². The number of anilines is 2. The van der Waals surface area contributed by atoms with Crippen LogP contribution in [0, 0.1) is 5.92 Å². The maximum absolute atomic E-state index is 5.45. The fraction of sp³-hybridized carbons (Fsp3) is 0.750. The molecule has 1 heterocycles. The van der Waals surface area contributed by atoms with Crippen LogP contribution in [0.25, 0.3) is 0 Å². The van der Waals surface area contributed by atoms with E-state index in [2.05, 4.69) is 54.9 Å². The van der Waals surface area contributed by atoms with Crippen molar-refractivity contribution in [2.24, 2.45) is 5.92 Å². The zero-order chi connectivity index (χ0) is 15.8. The molecule has 21 heavy (non-hydrogen) atoms. The molecule has 0 saturated heterocycles. The average molecular weight is 294 g/mol. The summed E-state index contributed by atoms with van der Waals surface area (Å²) in [7, 11) is 2.08. The molecule has 1 N–H and O–H groups in total. The number of hydrogen-bond acceptors (Lipinski definition) is 5. The summed E-state index contributed by atoms with van der Waals surface area (Å²) in [6, 6.07) is 2.43. The van der Waals surface area contributed by atoms with Gasteiger partial charge in [-0.25, -0.2) is 9.97 Å². The van der Waals surface area contributed by atoms with Gasteiger partial charge in [0.05, 0.1) is 0 Å². The van der Waals surface area contributed by atoms with Crippen molar-refractivity contribution < 1.29 is 4.74 Å². The molecule has 0 aromatic carbocycles. The lowest BCUT2D eigenvalue weighted by atomic mass is 10.1. The summed E-state index contributed by atoms with van der Waals surface area (Å²) in [5.74, 6) is 3.11. The van der Waals surface area contributed by atoms with Crippen LogP contribution >= 0.6 is 0 Å². The van der Waals surface area contributed by atoms with Crippen LogP contribution in [0.5, 0.6) is 0 Å². The predicted molar refractivity (Wildman–Crippen MR) is 88.8 cm³/mol. The van der Waals surface area contributed by atoms with Gasteiger partial charge >= 0.3 is 0 Å². The van der Waals surface area contributed by atoms with Gasteiger partial charge in [0, 0.05) is 32.3 Å². The molecular formula is C16H30N4O. The Hall–Kier alpha value is -1.36. The first kappa shape index (κ1) is 17.7. The summed E-state index contributed by atoms with van der Waals surface area (Å²) in [5, 5.41) is 3.34. The Bertz CT molecular complexity index is 396. The summed E-state index contributed by atoms with van der Waals surface area (Å²) in [6.45, 7) is 12.8. The van der Waals surface area contributed by atoms with Crippen LogP contribution in [0.2, 0.25) is 0 Å². The Labute approximate surface area is 129 Å². The SMILES string of the molecule is CCCNc1cc(N(C)C(C)C(C)C)nc(COCC)n1. The number of rotatable bonds is 9. The highest BCUT2D eigenvalue weighted by atomic mass is 16.5. The Kier molecular flexibility index (Phi) is 7.43. The smallest absolute Gasteiger partial charge is 0.158 e. The quantitative estimate of drug-likeness (QED) is 0.757. The minimum atomic E-state index is 0.416. The molecule has 0 radical (unpaired) electrons. The molecule has 1 atom stereocenters. The van der Waals surface area contributed by atoms with Crippen molar-refractivity contribution in [1.82, 2.24) is 9.97 Å². The molecule has 0 bridgehead atoms. The van der Waals surface area contributed by atoms with Gasteiger partial charge in [0.15, 0.2) is 5.82 Å². The van der Waals surface area contributed by atoms with E-state index in [1.165, 1.54) is 0 Å². The van der Waals surface area contributed by atoms with E-state index in [1.807, 2.05) is 13.0 Å². The molecule has 0 amide bonds. The lowest BCUT2D eigenvalue weighted by molar-refractivity contribution is 0.128. The number of nitrogens with one attached hydrogen (secondary N) is 1. The van der Waals surface area contributed by atoms with E-state index >= 15 is 0 Å². The summed E-state index contributed by atoms with van der Waals surface area (Å²) in [4.78, 5) is 11.4. The third kappa shape index (κ3) is 5.50. The Morgan fingerprint density at radius 1 is 1.24 bits per heavy atom. The summed E-state index contributed by atoms with van der Waals surface area (Å²) in [5.41, 5.74) is 0. The number of nitrogens with zero attached hydrogens (tertiary/aromatic N) is 3. The third-order valence-electron chi connectivity index (χ3n) is 3.69. The average Bonchev–Trinajstić information content (AvgIpc) is 2.49. The predicted octanol–water partition coefficient (Wildman–Crippen LogP) is 3.32. The molecule has 1 unspecified atom stereocenters. The van der Waals surface area contributed by atoms with Crippen molar-refractivity contribution in [2.75, 3.05) is 30.4 Å². The monoisotopic (exact) mass is 294 g/mol. The van der Waals surface area contributed by atoms with Gasteiger partial charge in [0.2, 0.25) is 0 Å². The fourth-order valence-electron chi connectivity index (χ4n) is 1.92. The van der Waals surface area contributed by atoms with Gasteiger partial charge in [-0.15, -0.1) is 0 Å². The van der Waals surface area contributed by atoms with Crippen molar-refractivity contribution in [3.05, 3.63) is 11.9 Å². The minimum absolute atomic E-state index is 0.416. The van der Waals surface area contributed by atoms with E-state index < -0.39 is 0 Å². The van der Waals surface area contributed by atoms with Gasteiger partial charge in [-0.3, -0.25) is 0 Å². The maximum Gasteiger partial charge on any atom is 0.158 e. The van der Waals surface area contributed by atoms with E-state index in [-0.39, 0.29) is 0 Å².